The van der Waals surface area contributed by atoms with Crippen molar-refractivity contribution in [1.29, 1.82) is 0 Å². The largest absolute Gasteiger partial charge is 0.497 e. The Morgan fingerprint density at radius 1 is 0.824 bits per heavy atom. The molecule has 0 aromatic heterocycles. The fraction of sp³-hybridized carbons (Fsp3) is 0.179. The van der Waals surface area contributed by atoms with Crippen LogP contribution in [0.1, 0.15) is 15.9 Å². The highest BCUT2D eigenvalue weighted by Gasteiger charge is 2.64. The molecule has 0 spiro atoms. The van der Waals surface area contributed by atoms with Crippen molar-refractivity contribution in [2.75, 3.05) is 16.9 Å². The molecule has 34 heavy (non-hydrogen) atoms. The highest BCUT2D eigenvalue weighted by molar-refractivity contribution is 6.25. The van der Waals surface area contributed by atoms with Crippen LogP contribution in [-0.4, -0.2) is 36.8 Å². The summed E-state index contributed by atoms with van der Waals surface area (Å²) in [7, 11) is 1.57. The summed E-state index contributed by atoms with van der Waals surface area (Å²) in [5.74, 6) is -1.53. The van der Waals surface area contributed by atoms with Gasteiger partial charge in [0.25, 0.3) is 0 Å². The molecule has 0 N–H and O–H groups in total. The molecule has 168 valence electrons. The number of carbonyl (C=O) groups is 3. The van der Waals surface area contributed by atoms with E-state index in [0.717, 1.165) is 11.3 Å². The molecule has 2 amide bonds. The van der Waals surface area contributed by atoms with E-state index >= 15 is 0 Å². The number of ketones is 1. The van der Waals surface area contributed by atoms with Crippen LogP contribution in [0.5, 0.6) is 5.75 Å². The Labute approximate surface area is 197 Å². The van der Waals surface area contributed by atoms with E-state index in [4.69, 9.17) is 4.74 Å². The number of methoxy groups -OCH3 is 1. The van der Waals surface area contributed by atoms with Crippen molar-refractivity contribution in [3.05, 3.63) is 96.1 Å². The standard InChI is InChI=1S/C28H22N2O4/c1-34-20-14-11-18(12-15-20)26(31)25-24-23(22-16-13-17-7-5-6-10-21(17)30(22)25)27(32)29(28(24)33)19-8-3-2-4-9-19/h2-16,22-25H,1H3/t22-,23-,24-,25+/m1/s1. The molecule has 0 bridgehead atoms. The lowest BCUT2D eigenvalue weighted by atomic mass is 9.86. The van der Waals surface area contributed by atoms with Crippen LogP contribution in [0.4, 0.5) is 11.4 Å². The summed E-state index contributed by atoms with van der Waals surface area (Å²) >= 11 is 0. The maximum Gasteiger partial charge on any atom is 0.240 e. The van der Waals surface area contributed by atoms with E-state index in [9.17, 15) is 14.4 Å². The van der Waals surface area contributed by atoms with Gasteiger partial charge in [-0.05, 0) is 48.0 Å². The van der Waals surface area contributed by atoms with Crippen LogP contribution in [0.3, 0.4) is 0 Å². The van der Waals surface area contributed by atoms with Crippen molar-refractivity contribution < 1.29 is 19.1 Å². The monoisotopic (exact) mass is 450 g/mol. The Bertz CT molecular complexity index is 1330. The predicted molar refractivity (Wildman–Crippen MR) is 129 cm³/mol. The van der Waals surface area contributed by atoms with Crippen molar-refractivity contribution in [3.8, 4) is 5.75 Å². The van der Waals surface area contributed by atoms with E-state index in [2.05, 4.69) is 0 Å². The van der Waals surface area contributed by atoms with Gasteiger partial charge >= 0.3 is 0 Å². The van der Waals surface area contributed by atoms with Crippen LogP contribution < -0.4 is 14.5 Å². The first-order valence-corrected chi connectivity index (χ1v) is 11.3. The number of nitrogens with zero attached hydrogens (tertiary/aromatic N) is 2. The summed E-state index contributed by atoms with van der Waals surface area (Å²) < 4.78 is 5.23. The number of rotatable bonds is 4. The Morgan fingerprint density at radius 3 is 2.24 bits per heavy atom. The lowest BCUT2D eigenvalue weighted by Gasteiger charge is -2.36. The van der Waals surface area contributed by atoms with Crippen LogP contribution in [0.25, 0.3) is 6.08 Å². The van der Waals surface area contributed by atoms with Crippen molar-refractivity contribution >= 4 is 35.0 Å². The molecule has 0 aliphatic carbocycles. The molecule has 3 aromatic rings. The fourth-order valence-electron chi connectivity index (χ4n) is 5.57. The van der Waals surface area contributed by atoms with E-state index in [0.29, 0.717) is 17.0 Å². The van der Waals surface area contributed by atoms with E-state index in [-0.39, 0.29) is 23.6 Å². The first-order valence-electron chi connectivity index (χ1n) is 11.3. The third-order valence-corrected chi connectivity index (χ3v) is 7.07. The summed E-state index contributed by atoms with van der Waals surface area (Å²) in [6.45, 7) is 0. The fourth-order valence-corrected chi connectivity index (χ4v) is 5.57. The Morgan fingerprint density at radius 2 is 1.50 bits per heavy atom. The van der Waals surface area contributed by atoms with E-state index in [1.165, 1.54) is 4.90 Å². The summed E-state index contributed by atoms with van der Waals surface area (Å²) in [4.78, 5) is 44.7. The molecule has 3 aliphatic rings. The molecule has 6 nitrogen and oxygen atoms in total. The maximum absolute atomic E-state index is 14.0. The number of ether oxygens (including phenoxy) is 1. The molecule has 0 saturated carbocycles. The quantitative estimate of drug-likeness (QED) is 0.445. The predicted octanol–water partition coefficient (Wildman–Crippen LogP) is 3.97. The van der Waals surface area contributed by atoms with Crippen molar-refractivity contribution in [2.45, 2.75) is 12.1 Å². The summed E-state index contributed by atoms with van der Waals surface area (Å²) in [6.07, 6.45) is 3.94. The van der Waals surface area contributed by atoms with Crippen molar-refractivity contribution in [3.63, 3.8) is 0 Å². The van der Waals surface area contributed by atoms with Crippen LogP contribution in [0.15, 0.2) is 84.9 Å². The zero-order valence-corrected chi connectivity index (χ0v) is 18.5. The number of hydrogen-bond acceptors (Lipinski definition) is 5. The van der Waals surface area contributed by atoms with Crippen LogP contribution in [0, 0.1) is 11.8 Å². The molecule has 3 heterocycles. The lowest BCUT2D eigenvalue weighted by Crippen LogP contribution is -2.48. The topological polar surface area (TPSA) is 66.9 Å². The molecular weight excluding hydrogens is 428 g/mol. The second kappa shape index (κ2) is 7.70. The van der Waals surface area contributed by atoms with Gasteiger partial charge < -0.3 is 9.64 Å². The maximum atomic E-state index is 14.0. The van der Waals surface area contributed by atoms with Gasteiger partial charge in [0.05, 0.1) is 30.7 Å². The van der Waals surface area contributed by atoms with E-state index in [1.54, 1.807) is 55.6 Å². The zero-order chi connectivity index (χ0) is 23.4. The minimum Gasteiger partial charge on any atom is -0.497 e. The van der Waals surface area contributed by atoms with E-state index < -0.39 is 17.9 Å². The van der Waals surface area contributed by atoms with Crippen LogP contribution >= 0.6 is 0 Å². The van der Waals surface area contributed by atoms with Gasteiger partial charge in [-0.2, -0.15) is 0 Å². The number of carbonyl (C=O) groups excluding carboxylic acids is 3. The zero-order valence-electron chi connectivity index (χ0n) is 18.5. The molecule has 3 aliphatic heterocycles. The first-order chi connectivity index (χ1) is 16.6. The van der Waals surface area contributed by atoms with Gasteiger partial charge in [-0.3, -0.25) is 14.4 Å². The van der Waals surface area contributed by atoms with Crippen LogP contribution in [0.2, 0.25) is 0 Å². The second-order valence-electron chi connectivity index (χ2n) is 8.75. The van der Waals surface area contributed by atoms with Gasteiger partial charge in [0, 0.05) is 11.3 Å². The van der Waals surface area contributed by atoms with Gasteiger partial charge in [0.1, 0.15) is 11.8 Å². The van der Waals surface area contributed by atoms with Crippen molar-refractivity contribution in [2.24, 2.45) is 11.8 Å². The number of anilines is 2. The number of amides is 2. The third-order valence-electron chi connectivity index (χ3n) is 7.07. The SMILES string of the molecule is COc1ccc(C(=O)[C@@H]2[C@@H]3C(=O)N(c4ccccc4)C(=O)[C@@H]3[C@H]3C=Cc4ccccc4N32)cc1. The Hall–Kier alpha value is -4.19. The molecule has 2 saturated heterocycles. The molecule has 0 radical (unpaired) electrons. The smallest absolute Gasteiger partial charge is 0.240 e. The highest BCUT2D eigenvalue weighted by atomic mass is 16.5. The number of hydrogen-bond donors (Lipinski definition) is 0. The van der Waals surface area contributed by atoms with E-state index in [1.807, 2.05) is 47.4 Å². The normalized spacial score (nSPS) is 24.6. The van der Waals surface area contributed by atoms with Gasteiger partial charge in [-0.1, -0.05) is 48.6 Å². The first kappa shape index (κ1) is 20.4. The molecule has 6 rings (SSSR count). The number of para-hydroxylation sites is 2. The minimum absolute atomic E-state index is 0.179. The molecule has 4 atom stereocenters. The molecular formula is C28H22N2O4. The molecule has 3 aromatic carbocycles. The second-order valence-corrected chi connectivity index (χ2v) is 8.75. The number of imide groups is 1. The Balaban J connectivity index is 1.48. The average Bonchev–Trinajstić information content (AvgIpc) is 3.37. The number of benzene rings is 3. The highest BCUT2D eigenvalue weighted by Crippen LogP contribution is 2.49. The summed E-state index contributed by atoms with van der Waals surface area (Å²) in [5, 5.41) is 0. The number of fused-ring (bicyclic) bond motifs is 5. The molecule has 2 fully saturated rings. The lowest BCUT2D eigenvalue weighted by molar-refractivity contribution is -0.122. The van der Waals surface area contributed by atoms with Gasteiger partial charge in [-0.15, -0.1) is 0 Å². The van der Waals surface area contributed by atoms with Gasteiger partial charge in [0.2, 0.25) is 11.8 Å². The average molecular weight is 450 g/mol. The Kier molecular flexibility index (Phi) is 4.62. The summed E-state index contributed by atoms with van der Waals surface area (Å²) in [6, 6.07) is 22.4. The number of Topliss-reactive ketones (excluding diaryl/α,β-unsaturated/α-hetero) is 1. The summed E-state index contributed by atoms with van der Waals surface area (Å²) in [5.41, 5.74) is 2.85. The molecule has 6 heteroatoms. The van der Waals surface area contributed by atoms with Gasteiger partial charge in [0.15, 0.2) is 5.78 Å². The van der Waals surface area contributed by atoms with Gasteiger partial charge in [-0.25, -0.2) is 4.90 Å². The van der Waals surface area contributed by atoms with Crippen LogP contribution in [-0.2, 0) is 9.59 Å². The van der Waals surface area contributed by atoms with Crippen molar-refractivity contribution in [1.82, 2.24) is 0 Å². The third kappa shape index (κ3) is 2.85. The minimum atomic E-state index is -0.792. The molecule has 0 unspecified atom stereocenters.